The van der Waals surface area contributed by atoms with Gasteiger partial charge >= 0.3 is 5.97 Å². The minimum absolute atomic E-state index is 0.368. The highest BCUT2D eigenvalue weighted by Gasteiger charge is 2.37. The molecule has 0 saturated carbocycles. The maximum Gasteiger partial charge on any atom is 0.329 e. The first-order valence-corrected chi connectivity index (χ1v) is 12.6. The van der Waals surface area contributed by atoms with Gasteiger partial charge in [-0.2, -0.15) is 0 Å². The number of hydrogen-bond acceptors (Lipinski definition) is 3. The van der Waals surface area contributed by atoms with Crippen LogP contribution >= 0.6 is 0 Å². The maximum atomic E-state index is 11.2. The zero-order chi connectivity index (χ0) is 15.2. The van der Waals surface area contributed by atoms with Crippen molar-refractivity contribution in [3.8, 4) is 0 Å². The third-order valence-electron chi connectivity index (χ3n) is 3.29. The molecule has 1 aromatic rings. The first kappa shape index (κ1) is 16.9. The Morgan fingerprint density at radius 2 is 1.85 bits per heavy atom. The topological polar surface area (TPSA) is 35.5 Å². The van der Waals surface area contributed by atoms with E-state index in [1.807, 2.05) is 18.2 Å². The number of carbonyl (C=O) groups excluding carboxylic acids is 1. The van der Waals surface area contributed by atoms with Crippen LogP contribution in [0.3, 0.4) is 0 Å². The normalized spacial score (nSPS) is 14.4. The van der Waals surface area contributed by atoms with E-state index in [0.29, 0.717) is 6.23 Å². The summed E-state index contributed by atoms with van der Waals surface area (Å²) in [6, 6.07) is 11.4. The van der Waals surface area contributed by atoms with E-state index in [0.717, 1.165) is 6.04 Å². The van der Waals surface area contributed by atoms with E-state index in [9.17, 15) is 4.79 Å². The van der Waals surface area contributed by atoms with Gasteiger partial charge in [0.25, 0.3) is 0 Å². The highest BCUT2D eigenvalue weighted by molar-refractivity contribution is 6.93. The van der Waals surface area contributed by atoms with Crippen LogP contribution < -0.4 is 5.19 Å². The molecular formula is C15H24O3Si2. The van der Waals surface area contributed by atoms with E-state index < -0.39 is 16.6 Å². The van der Waals surface area contributed by atoms with Gasteiger partial charge in [-0.15, -0.1) is 0 Å². The van der Waals surface area contributed by atoms with Crippen LogP contribution in [-0.2, 0) is 13.6 Å². The van der Waals surface area contributed by atoms with Crippen LogP contribution in [-0.4, -0.2) is 28.8 Å². The van der Waals surface area contributed by atoms with Crippen molar-refractivity contribution in [3.63, 3.8) is 0 Å². The highest BCUT2D eigenvalue weighted by atomic mass is 28.4. The molecule has 110 valence electrons. The first-order valence-electron chi connectivity index (χ1n) is 6.88. The number of benzene rings is 1. The van der Waals surface area contributed by atoms with E-state index in [-0.39, 0.29) is 5.97 Å². The van der Waals surface area contributed by atoms with Gasteiger partial charge in [0.2, 0.25) is 16.6 Å². The van der Waals surface area contributed by atoms with Crippen LogP contribution in [0.5, 0.6) is 0 Å². The van der Waals surface area contributed by atoms with Gasteiger partial charge in [-0.3, -0.25) is 0 Å². The zero-order valence-corrected chi connectivity index (χ0v) is 14.8. The molecule has 0 aliphatic rings. The second-order valence-corrected chi connectivity index (χ2v) is 14.0. The Morgan fingerprint density at radius 1 is 1.25 bits per heavy atom. The monoisotopic (exact) mass is 308 g/mol. The zero-order valence-electron chi connectivity index (χ0n) is 12.8. The van der Waals surface area contributed by atoms with Crippen LogP contribution in [0.1, 0.15) is 6.92 Å². The van der Waals surface area contributed by atoms with Crippen molar-refractivity contribution in [2.45, 2.75) is 32.6 Å². The van der Waals surface area contributed by atoms with Crippen molar-refractivity contribution in [2.75, 3.05) is 6.23 Å². The molecule has 3 nitrogen and oxygen atoms in total. The van der Waals surface area contributed by atoms with Gasteiger partial charge in [-0.25, -0.2) is 4.79 Å². The molecule has 20 heavy (non-hydrogen) atoms. The summed E-state index contributed by atoms with van der Waals surface area (Å²) in [4.78, 5) is 11.2. The Labute approximate surface area is 123 Å². The molecule has 1 unspecified atom stereocenters. The molecule has 0 spiro atoms. The average Bonchev–Trinajstić information content (AvgIpc) is 2.45. The Kier molecular flexibility index (Phi) is 5.92. The van der Waals surface area contributed by atoms with Crippen LogP contribution in [0.4, 0.5) is 0 Å². The molecule has 0 saturated heterocycles. The SMILES string of the molecule is C=CC(=O)OC[Si](C)(C)O[Si](C)(CC)c1ccccc1. The van der Waals surface area contributed by atoms with Crippen LogP contribution in [0.15, 0.2) is 43.0 Å². The summed E-state index contributed by atoms with van der Waals surface area (Å²) in [6.45, 7) is 12.0. The van der Waals surface area contributed by atoms with E-state index in [1.54, 1.807) is 0 Å². The molecule has 0 aliphatic heterocycles. The van der Waals surface area contributed by atoms with Gasteiger partial charge in [0.15, 0.2) is 0 Å². The Morgan fingerprint density at radius 3 is 2.35 bits per heavy atom. The fourth-order valence-corrected chi connectivity index (χ4v) is 10.0. The van der Waals surface area contributed by atoms with Crippen molar-refractivity contribution < 1.29 is 13.6 Å². The van der Waals surface area contributed by atoms with Gasteiger partial charge in [0, 0.05) is 6.08 Å². The molecule has 0 fully saturated rings. The van der Waals surface area contributed by atoms with E-state index >= 15 is 0 Å². The Bertz CT molecular complexity index is 459. The van der Waals surface area contributed by atoms with Crippen LogP contribution in [0, 0.1) is 0 Å². The molecule has 5 heteroatoms. The fourth-order valence-electron chi connectivity index (χ4n) is 2.07. The summed E-state index contributed by atoms with van der Waals surface area (Å²) < 4.78 is 11.7. The third-order valence-corrected chi connectivity index (χ3v) is 11.0. The lowest BCUT2D eigenvalue weighted by Gasteiger charge is -2.35. The molecule has 0 N–H and O–H groups in total. The van der Waals surface area contributed by atoms with Gasteiger partial charge in [0.05, 0.1) is 0 Å². The summed E-state index contributed by atoms with van der Waals surface area (Å²) in [6.07, 6.45) is 1.56. The minimum Gasteiger partial charge on any atom is -0.463 e. The summed E-state index contributed by atoms with van der Waals surface area (Å²) in [5.74, 6) is -0.381. The van der Waals surface area contributed by atoms with Crippen molar-refractivity contribution in [1.29, 1.82) is 0 Å². The van der Waals surface area contributed by atoms with E-state index in [2.05, 4.69) is 45.3 Å². The second-order valence-electron chi connectivity index (χ2n) is 5.62. The molecule has 0 aliphatic carbocycles. The number of ether oxygens (including phenoxy) is 1. The van der Waals surface area contributed by atoms with Crippen molar-refractivity contribution in [3.05, 3.63) is 43.0 Å². The van der Waals surface area contributed by atoms with E-state index in [4.69, 9.17) is 8.85 Å². The van der Waals surface area contributed by atoms with Crippen LogP contribution in [0.25, 0.3) is 0 Å². The van der Waals surface area contributed by atoms with Gasteiger partial charge < -0.3 is 8.85 Å². The molecule has 0 heterocycles. The Balaban J connectivity index is 2.81. The second kappa shape index (κ2) is 7.01. The highest BCUT2D eigenvalue weighted by Crippen LogP contribution is 2.19. The summed E-state index contributed by atoms with van der Waals surface area (Å²) >= 11 is 0. The quantitative estimate of drug-likeness (QED) is 0.441. The predicted molar refractivity (Wildman–Crippen MR) is 87.9 cm³/mol. The summed E-state index contributed by atoms with van der Waals surface area (Å²) in [5, 5.41) is 1.29. The molecule has 1 atom stereocenters. The smallest absolute Gasteiger partial charge is 0.329 e. The number of esters is 1. The molecule has 0 radical (unpaired) electrons. The molecule has 1 rings (SSSR count). The predicted octanol–water partition coefficient (Wildman–Crippen LogP) is 2.98. The fraction of sp³-hybridized carbons (Fsp3) is 0.400. The third kappa shape index (κ3) is 4.74. The lowest BCUT2D eigenvalue weighted by atomic mass is 10.4. The van der Waals surface area contributed by atoms with Gasteiger partial charge in [-0.05, 0) is 30.9 Å². The van der Waals surface area contributed by atoms with Gasteiger partial charge in [-0.1, -0.05) is 43.8 Å². The largest absolute Gasteiger partial charge is 0.463 e. The lowest BCUT2D eigenvalue weighted by Crippen LogP contribution is -2.56. The standard InChI is InChI=1S/C15H24O3Si2/c1-6-15(16)17-13-19(3,4)18-20(5,7-2)14-11-9-8-10-12-14/h6,8-12H,1,7,13H2,2-5H3. The number of rotatable bonds is 7. The summed E-state index contributed by atoms with van der Waals surface area (Å²) in [5.41, 5.74) is 0. The average molecular weight is 309 g/mol. The molecule has 0 bridgehead atoms. The molecule has 0 amide bonds. The number of hydrogen-bond donors (Lipinski definition) is 0. The number of carbonyl (C=O) groups is 1. The Hall–Kier alpha value is -1.18. The molecular weight excluding hydrogens is 284 g/mol. The molecule has 1 aromatic carbocycles. The maximum absolute atomic E-state index is 11.2. The van der Waals surface area contributed by atoms with Crippen LogP contribution in [0.2, 0.25) is 25.7 Å². The van der Waals surface area contributed by atoms with Crippen molar-refractivity contribution in [2.24, 2.45) is 0 Å². The molecule has 0 aromatic heterocycles. The minimum atomic E-state index is -2.05. The van der Waals surface area contributed by atoms with Gasteiger partial charge in [0.1, 0.15) is 6.23 Å². The van der Waals surface area contributed by atoms with E-state index in [1.165, 1.54) is 11.3 Å². The van der Waals surface area contributed by atoms with Crippen molar-refractivity contribution >= 4 is 27.8 Å². The summed E-state index contributed by atoms with van der Waals surface area (Å²) in [7, 11) is -4.02. The lowest BCUT2D eigenvalue weighted by molar-refractivity contribution is -0.136. The first-order chi connectivity index (χ1) is 9.33. The van der Waals surface area contributed by atoms with Crippen molar-refractivity contribution in [1.82, 2.24) is 0 Å².